The summed E-state index contributed by atoms with van der Waals surface area (Å²) in [5.41, 5.74) is 1.20. The minimum Gasteiger partial charge on any atom is -0.377 e. The van der Waals surface area contributed by atoms with Crippen molar-refractivity contribution in [2.45, 2.75) is 11.4 Å². The van der Waals surface area contributed by atoms with Crippen LogP contribution in [0.25, 0.3) is 6.08 Å². The monoisotopic (exact) mass is 486 g/mol. The third-order valence-corrected chi connectivity index (χ3v) is 6.03. The van der Waals surface area contributed by atoms with E-state index >= 15 is 0 Å². The molecule has 0 radical (unpaired) electrons. The average Bonchev–Trinajstić information content (AvgIpc) is 2.78. The van der Waals surface area contributed by atoms with Crippen molar-refractivity contribution in [1.82, 2.24) is 5.32 Å². The molecule has 0 aliphatic rings. The van der Waals surface area contributed by atoms with Crippen molar-refractivity contribution in [3.63, 3.8) is 0 Å². The number of hydrogen-bond donors (Lipinski definition) is 1. The molecule has 3 aromatic carbocycles. The van der Waals surface area contributed by atoms with Crippen LogP contribution in [-0.2, 0) is 21.5 Å². The number of nitrogens with one attached hydrogen (secondary N) is 1. The number of hydrogen-bond acceptors (Lipinski definition) is 5. The van der Waals surface area contributed by atoms with Gasteiger partial charge in [0, 0.05) is 11.6 Å². The predicted molar refractivity (Wildman–Crippen MR) is 123 cm³/mol. The van der Waals surface area contributed by atoms with Gasteiger partial charge in [0.2, 0.25) is 0 Å². The van der Waals surface area contributed by atoms with Crippen LogP contribution in [0, 0.1) is 11.3 Å². The Kier molecular flexibility index (Phi) is 7.54. The number of carbonyl (C=O) groups excluding carboxylic acids is 1. The Labute approximate surface area is 195 Å². The van der Waals surface area contributed by atoms with Crippen LogP contribution in [0.2, 0.25) is 10.0 Å². The van der Waals surface area contributed by atoms with E-state index in [-0.39, 0.29) is 27.8 Å². The van der Waals surface area contributed by atoms with E-state index < -0.39 is 16.0 Å². The minimum atomic E-state index is -4.12. The zero-order valence-electron chi connectivity index (χ0n) is 16.5. The van der Waals surface area contributed by atoms with Gasteiger partial charge in [-0.1, -0.05) is 59.6 Å². The van der Waals surface area contributed by atoms with Gasteiger partial charge in [-0.15, -0.1) is 0 Å². The van der Waals surface area contributed by atoms with E-state index in [1.807, 2.05) is 36.4 Å². The first-order valence-corrected chi connectivity index (χ1v) is 11.4. The van der Waals surface area contributed by atoms with Crippen LogP contribution < -0.4 is 9.50 Å². The smallest absolute Gasteiger partial charge is 0.339 e. The van der Waals surface area contributed by atoms with Crippen molar-refractivity contribution in [2.24, 2.45) is 0 Å². The third-order valence-electron chi connectivity index (χ3n) is 4.23. The molecule has 0 saturated carbocycles. The average molecular weight is 487 g/mol. The van der Waals surface area contributed by atoms with Gasteiger partial charge < -0.3 is 9.50 Å². The summed E-state index contributed by atoms with van der Waals surface area (Å²) in [7, 11) is -4.12. The molecule has 1 N–H and O–H groups in total. The molecule has 0 aliphatic heterocycles. The van der Waals surface area contributed by atoms with Crippen molar-refractivity contribution in [3.05, 3.63) is 99.5 Å². The Morgan fingerprint density at radius 1 is 1.03 bits per heavy atom. The SMILES string of the molecule is N#C/C(=C\c1ccc(OS(=O)(=O)c2ccc(Cl)cc2)c(Cl)c1)C(=O)NCc1ccccc1. The van der Waals surface area contributed by atoms with E-state index in [0.29, 0.717) is 10.6 Å². The van der Waals surface area contributed by atoms with E-state index in [4.69, 9.17) is 27.4 Å². The predicted octanol–water partition coefficient (Wildman–Crippen LogP) is 4.98. The first kappa shape index (κ1) is 23.4. The molecule has 32 heavy (non-hydrogen) atoms. The molecule has 0 unspecified atom stereocenters. The zero-order valence-corrected chi connectivity index (χ0v) is 18.8. The molecule has 9 heteroatoms. The van der Waals surface area contributed by atoms with Gasteiger partial charge in [-0.25, -0.2) is 0 Å². The largest absolute Gasteiger partial charge is 0.377 e. The molecule has 0 atom stereocenters. The molecule has 0 aromatic heterocycles. The van der Waals surface area contributed by atoms with Gasteiger partial charge in [0.1, 0.15) is 16.5 Å². The Bertz CT molecular complexity index is 1300. The lowest BCUT2D eigenvalue weighted by Gasteiger charge is -2.09. The second-order valence-electron chi connectivity index (χ2n) is 6.52. The number of halogens is 2. The number of amides is 1. The summed E-state index contributed by atoms with van der Waals surface area (Å²) in [6, 6.07) is 20.8. The van der Waals surface area contributed by atoms with E-state index in [0.717, 1.165) is 5.56 Å². The van der Waals surface area contributed by atoms with Gasteiger partial charge in [-0.05, 0) is 53.6 Å². The van der Waals surface area contributed by atoms with Crippen molar-refractivity contribution in [2.75, 3.05) is 0 Å². The highest BCUT2D eigenvalue weighted by Crippen LogP contribution is 2.29. The highest BCUT2D eigenvalue weighted by Gasteiger charge is 2.18. The van der Waals surface area contributed by atoms with Crippen LogP contribution in [-0.4, -0.2) is 14.3 Å². The van der Waals surface area contributed by atoms with Gasteiger partial charge in [0.05, 0.1) is 5.02 Å². The van der Waals surface area contributed by atoms with Crippen LogP contribution in [0.1, 0.15) is 11.1 Å². The van der Waals surface area contributed by atoms with E-state index in [1.54, 1.807) is 0 Å². The van der Waals surface area contributed by atoms with Crippen LogP contribution in [0.5, 0.6) is 5.75 Å². The second-order valence-corrected chi connectivity index (χ2v) is 8.91. The first-order valence-electron chi connectivity index (χ1n) is 9.22. The molecule has 0 bridgehead atoms. The molecule has 0 aliphatic carbocycles. The standard InChI is InChI=1S/C23H16Cl2N2O4S/c24-19-7-9-20(10-8-19)32(29,30)31-22-11-6-17(13-21(22)25)12-18(14-26)23(28)27-15-16-4-2-1-3-5-16/h1-13H,15H2,(H,27,28)/b18-12+. The van der Waals surface area contributed by atoms with Crippen LogP contribution >= 0.6 is 23.2 Å². The van der Waals surface area contributed by atoms with Gasteiger partial charge in [0.25, 0.3) is 5.91 Å². The summed E-state index contributed by atoms with van der Waals surface area (Å²) in [5, 5.41) is 12.4. The molecule has 162 valence electrons. The molecule has 0 fully saturated rings. The molecule has 0 spiro atoms. The highest BCUT2D eigenvalue weighted by molar-refractivity contribution is 7.87. The summed E-state index contributed by atoms with van der Waals surface area (Å²) in [6.45, 7) is 0.273. The van der Waals surface area contributed by atoms with E-state index in [9.17, 15) is 18.5 Å². The topological polar surface area (TPSA) is 96.3 Å². The number of nitrogens with zero attached hydrogens (tertiary/aromatic N) is 1. The van der Waals surface area contributed by atoms with Crippen molar-refractivity contribution < 1.29 is 17.4 Å². The van der Waals surface area contributed by atoms with Crippen molar-refractivity contribution in [3.8, 4) is 11.8 Å². The normalized spacial score (nSPS) is 11.5. The molecular formula is C23H16Cl2N2O4S. The van der Waals surface area contributed by atoms with Crippen molar-refractivity contribution in [1.29, 1.82) is 5.26 Å². The molecule has 0 saturated heterocycles. The molecule has 3 rings (SSSR count). The third kappa shape index (κ3) is 6.11. The summed E-state index contributed by atoms with van der Waals surface area (Å²) in [4.78, 5) is 12.2. The molecular weight excluding hydrogens is 471 g/mol. The summed E-state index contributed by atoms with van der Waals surface area (Å²) in [6.07, 6.45) is 1.35. The maximum absolute atomic E-state index is 12.4. The Morgan fingerprint density at radius 3 is 2.34 bits per heavy atom. The van der Waals surface area contributed by atoms with E-state index in [1.165, 1.54) is 48.5 Å². The van der Waals surface area contributed by atoms with E-state index in [2.05, 4.69) is 5.32 Å². The molecule has 6 nitrogen and oxygen atoms in total. The fourth-order valence-electron chi connectivity index (χ4n) is 2.63. The minimum absolute atomic E-state index is 0.00160. The quantitative estimate of drug-likeness (QED) is 0.288. The van der Waals surface area contributed by atoms with Gasteiger partial charge >= 0.3 is 10.1 Å². The maximum atomic E-state index is 12.4. The maximum Gasteiger partial charge on any atom is 0.339 e. The van der Waals surface area contributed by atoms with Crippen LogP contribution in [0.3, 0.4) is 0 Å². The molecule has 3 aromatic rings. The highest BCUT2D eigenvalue weighted by atomic mass is 35.5. The number of carbonyl (C=O) groups is 1. The Morgan fingerprint density at radius 2 is 1.72 bits per heavy atom. The fourth-order valence-corrected chi connectivity index (χ4v) is 3.98. The Balaban J connectivity index is 1.74. The number of benzene rings is 3. The lowest BCUT2D eigenvalue weighted by Crippen LogP contribution is -2.23. The zero-order chi connectivity index (χ0) is 23.1. The van der Waals surface area contributed by atoms with Gasteiger partial charge in [-0.3, -0.25) is 4.79 Å². The molecule has 0 heterocycles. The van der Waals surface area contributed by atoms with Crippen LogP contribution in [0.15, 0.2) is 83.3 Å². The van der Waals surface area contributed by atoms with Crippen molar-refractivity contribution >= 4 is 45.3 Å². The Hall–Kier alpha value is -3.31. The fraction of sp³-hybridized carbons (Fsp3) is 0.0435. The first-order chi connectivity index (χ1) is 15.3. The lowest BCUT2D eigenvalue weighted by atomic mass is 10.1. The second kappa shape index (κ2) is 10.3. The summed E-state index contributed by atoms with van der Waals surface area (Å²) in [5.74, 6) is -0.635. The summed E-state index contributed by atoms with van der Waals surface area (Å²) >= 11 is 11.9. The van der Waals surface area contributed by atoms with Crippen LogP contribution in [0.4, 0.5) is 0 Å². The number of rotatable bonds is 7. The lowest BCUT2D eigenvalue weighted by molar-refractivity contribution is -0.117. The van der Waals surface area contributed by atoms with Gasteiger partial charge in [-0.2, -0.15) is 13.7 Å². The summed E-state index contributed by atoms with van der Waals surface area (Å²) < 4.78 is 30.0. The molecule has 1 amide bonds. The number of nitriles is 1. The van der Waals surface area contributed by atoms with Gasteiger partial charge in [0.15, 0.2) is 5.75 Å².